The summed E-state index contributed by atoms with van der Waals surface area (Å²) in [4.78, 5) is 27.8. The number of fused-ring (bicyclic) bond motifs is 3. The number of aryl methyl sites for hydroxylation is 3. The maximum atomic E-state index is 11.6. The number of carbonyl (C=O) groups excluding carboxylic acids is 1. The molecule has 0 spiro atoms. The number of non-ortho nitro benzene ring substituents is 1. The number of methoxy groups -OCH3 is 1. The zero-order valence-corrected chi connectivity index (χ0v) is 21.8. The Bertz CT molecular complexity index is 1520. The number of nitro groups is 1. The summed E-state index contributed by atoms with van der Waals surface area (Å²) in [5.74, 6) is -0.514. The Morgan fingerprint density at radius 2 is 1.78 bits per heavy atom. The minimum atomic E-state index is -0.514. The van der Waals surface area contributed by atoms with E-state index >= 15 is 0 Å². The van der Waals surface area contributed by atoms with E-state index in [1.807, 2.05) is 45.0 Å². The number of oxime groups is 1. The van der Waals surface area contributed by atoms with Gasteiger partial charge >= 0.3 is 5.97 Å². The second-order valence-electron chi connectivity index (χ2n) is 9.19. The number of nitro benzene ring substituents is 1. The van der Waals surface area contributed by atoms with E-state index in [-0.39, 0.29) is 16.7 Å². The Hall–Kier alpha value is -4.04. The molecule has 1 aromatic heterocycles. The van der Waals surface area contributed by atoms with Crippen LogP contribution in [0.1, 0.15) is 49.4 Å². The predicted molar refractivity (Wildman–Crippen MR) is 145 cm³/mol. The summed E-state index contributed by atoms with van der Waals surface area (Å²) >= 11 is 0. The van der Waals surface area contributed by atoms with E-state index in [1.165, 1.54) is 18.6 Å². The fraction of sp³-hybridized carbons (Fsp3) is 0.310. The van der Waals surface area contributed by atoms with E-state index in [0.717, 1.165) is 51.3 Å². The molecule has 1 heterocycles. The standard InChI is InChI=1S/C29H31N3O5/c1-6-31-27-13-10-22(16-25(27)26-17-23(32(34)35)11-14-28(26)31)29(30-37-20(4)33)24-12-9-21(15-18(24)2)8-7-19(3)36-5/h9-17,19H,6-8H2,1-5H3/b30-29+. The summed E-state index contributed by atoms with van der Waals surface area (Å²) < 4.78 is 7.49. The van der Waals surface area contributed by atoms with Gasteiger partial charge in [0.1, 0.15) is 5.71 Å². The van der Waals surface area contributed by atoms with Crippen LogP contribution in [0.5, 0.6) is 0 Å². The van der Waals surface area contributed by atoms with Gasteiger partial charge in [0.2, 0.25) is 0 Å². The maximum absolute atomic E-state index is 11.6. The van der Waals surface area contributed by atoms with E-state index in [2.05, 4.69) is 21.9 Å². The van der Waals surface area contributed by atoms with Crippen molar-refractivity contribution in [1.29, 1.82) is 0 Å². The second-order valence-corrected chi connectivity index (χ2v) is 9.19. The van der Waals surface area contributed by atoms with Crippen molar-refractivity contribution in [1.82, 2.24) is 4.57 Å². The van der Waals surface area contributed by atoms with Crippen LogP contribution in [0.15, 0.2) is 59.8 Å². The molecule has 0 N–H and O–H groups in total. The van der Waals surface area contributed by atoms with E-state index in [9.17, 15) is 14.9 Å². The first kappa shape index (κ1) is 26.0. The van der Waals surface area contributed by atoms with Crippen LogP contribution < -0.4 is 0 Å². The van der Waals surface area contributed by atoms with Crippen molar-refractivity contribution >= 4 is 39.2 Å². The van der Waals surface area contributed by atoms with Gasteiger partial charge in [-0.15, -0.1) is 0 Å². The normalized spacial score (nSPS) is 12.7. The molecule has 0 saturated carbocycles. The average molecular weight is 502 g/mol. The van der Waals surface area contributed by atoms with Crippen molar-refractivity contribution in [2.24, 2.45) is 5.16 Å². The lowest BCUT2D eigenvalue weighted by Crippen LogP contribution is -2.09. The third-order valence-corrected chi connectivity index (χ3v) is 6.70. The van der Waals surface area contributed by atoms with E-state index in [0.29, 0.717) is 12.3 Å². The van der Waals surface area contributed by atoms with Crippen LogP contribution in [0.3, 0.4) is 0 Å². The van der Waals surface area contributed by atoms with Gasteiger partial charge < -0.3 is 14.1 Å². The highest BCUT2D eigenvalue weighted by Crippen LogP contribution is 2.33. The third kappa shape index (κ3) is 5.39. The molecule has 8 heteroatoms. The van der Waals surface area contributed by atoms with E-state index in [1.54, 1.807) is 19.2 Å². The molecule has 1 unspecified atom stereocenters. The van der Waals surface area contributed by atoms with Crippen LogP contribution in [0.2, 0.25) is 0 Å². The first-order chi connectivity index (χ1) is 17.7. The first-order valence-corrected chi connectivity index (χ1v) is 12.3. The van der Waals surface area contributed by atoms with Gasteiger partial charge in [-0.2, -0.15) is 0 Å². The average Bonchev–Trinajstić information content (AvgIpc) is 3.20. The number of rotatable bonds is 9. The molecule has 0 radical (unpaired) electrons. The Balaban J connectivity index is 1.85. The quantitative estimate of drug-likeness (QED) is 0.116. The van der Waals surface area contributed by atoms with Gasteiger partial charge in [0.15, 0.2) is 0 Å². The molecule has 37 heavy (non-hydrogen) atoms. The fourth-order valence-electron chi connectivity index (χ4n) is 4.70. The van der Waals surface area contributed by atoms with Crippen LogP contribution >= 0.6 is 0 Å². The predicted octanol–water partition coefficient (Wildman–Crippen LogP) is 6.31. The van der Waals surface area contributed by atoms with Crippen molar-refractivity contribution in [2.75, 3.05) is 7.11 Å². The first-order valence-electron chi connectivity index (χ1n) is 12.3. The molecule has 0 aliphatic heterocycles. The third-order valence-electron chi connectivity index (χ3n) is 6.70. The lowest BCUT2D eigenvalue weighted by molar-refractivity contribution is -0.384. The van der Waals surface area contributed by atoms with Crippen LogP contribution in [0.25, 0.3) is 21.8 Å². The number of aromatic nitrogens is 1. The van der Waals surface area contributed by atoms with Crippen molar-refractivity contribution in [3.63, 3.8) is 0 Å². The number of ether oxygens (including phenoxy) is 1. The van der Waals surface area contributed by atoms with E-state index in [4.69, 9.17) is 9.57 Å². The Kier molecular flexibility index (Phi) is 7.69. The lowest BCUT2D eigenvalue weighted by Gasteiger charge is -2.13. The largest absolute Gasteiger partial charge is 0.382 e. The van der Waals surface area contributed by atoms with Crippen LogP contribution in [0.4, 0.5) is 5.69 Å². The number of benzene rings is 3. The van der Waals surface area contributed by atoms with Gasteiger partial charge in [0.05, 0.1) is 11.0 Å². The molecule has 0 fully saturated rings. The number of hydrogen-bond acceptors (Lipinski definition) is 6. The van der Waals surface area contributed by atoms with Gasteiger partial charge in [-0.1, -0.05) is 29.4 Å². The molecule has 1 atom stereocenters. The molecule has 0 aliphatic carbocycles. The summed E-state index contributed by atoms with van der Waals surface area (Å²) in [5.41, 5.74) is 6.22. The van der Waals surface area contributed by atoms with Gasteiger partial charge in [0, 0.05) is 65.6 Å². The summed E-state index contributed by atoms with van der Waals surface area (Å²) in [5, 5.41) is 17.4. The summed E-state index contributed by atoms with van der Waals surface area (Å²) in [6, 6.07) is 17.0. The molecule has 4 rings (SSSR count). The molecule has 8 nitrogen and oxygen atoms in total. The summed E-state index contributed by atoms with van der Waals surface area (Å²) in [7, 11) is 1.71. The van der Waals surface area contributed by atoms with Crippen molar-refractivity contribution < 1.29 is 19.3 Å². The molecular formula is C29H31N3O5. The smallest absolute Gasteiger partial charge is 0.332 e. The van der Waals surface area contributed by atoms with Crippen molar-refractivity contribution in [3.05, 3.63) is 87.0 Å². The van der Waals surface area contributed by atoms with Crippen LogP contribution in [-0.2, 0) is 27.3 Å². The van der Waals surface area contributed by atoms with Crippen molar-refractivity contribution in [2.45, 2.75) is 53.2 Å². The maximum Gasteiger partial charge on any atom is 0.332 e. The number of nitrogens with zero attached hydrogens (tertiary/aromatic N) is 3. The van der Waals surface area contributed by atoms with Crippen LogP contribution in [-0.4, -0.2) is 34.4 Å². The topological polar surface area (TPSA) is 96.0 Å². The SMILES string of the molecule is CCn1c2ccc(/C(=N\OC(C)=O)c3ccc(CCC(C)OC)cc3C)cc2c2cc([N+](=O)[O-])ccc21. The number of hydrogen-bond donors (Lipinski definition) is 0. The molecule has 4 aromatic rings. The van der Waals surface area contributed by atoms with Gasteiger partial charge in [-0.05, 0) is 62.9 Å². The minimum absolute atomic E-state index is 0.0380. The molecule has 3 aromatic carbocycles. The van der Waals surface area contributed by atoms with Crippen LogP contribution in [0, 0.1) is 17.0 Å². The van der Waals surface area contributed by atoms with Gasteiger partial charge in [-0.3, -0.25) is 10.1 Å². The Labute approximate surface area is 215 Å². The van der Waals surface area contributed by atoms with Gasteiger partial charge in [0.25, 0.3) is 5.69 Å². The zero-order valence-electron chi connectivity index (χ0n) is 21.8. The second kappa shape index (κ2) is 10.9. The van der Waals surface area contributed by atoms with E-state index < -0.39 is 5.97 Å². The lowest BCUT2D eigenvalue weighted by atomic mass is 9.94. The molecule has 0 aliphatic rings. The molecule has 0 amide bonds. The molecule has 0 bridgehead atoms. The number of carbonyl (C=O) groups is 1. The molecule has 0 saturated heterocycles. The molecule has 192 valence electrons. The minimum Gasteiger partial charge on any atom is -0.382 e. The summed E-state index contributed by atoms with van der Waals surface area (Å²) in [6.45, 7) is 8.12. The molecular weight excluding hydrogens is 470 g/mol. The van der Waals surface area contributed by atoms with Gasteiger partial charge in [-0.25, -0.2) is 4.79 Å². The zero-order chi connectivity index (χ0) is 26.7. The Morgan fingerprint density at radius 1 is 1.08 bits per heavy atom. The summed E-state index contributed by atoms with van der Waals surface area (Å²) in [6.07, 6.45) is 1.97. The fourth-order valence-corrected chi connectivity index (χ4v) is 4.70. The highest BCUT2D eigenvalue weighted by atomic mass is 16.7. The highest BCUT2D eigenvalue weighted by molar-refractivity contribution is 6.17. The monoisotopic (exact) mass is 501 g/mol. The highest BCUT2D eigenvalue weighted by Gasteiger charge is 2.18. The van der Waals surface area contributed by atoms with Crippen molar-refractivity contribution in [3.8, 4) is 0 Å². The Morgan fingerprint density at radius 3 is 2.41 bits per heavy atom.